The Hall–Kier alpha value is -2.26. The minimum atomic E-state index is -1.03. The molecule has 1 aromatic carbocycles. The number of fused-ring (bicyclic) bond motifs is 1. The molecule has 0 radical (unpaired) electrons. The maximum absolute atomic E-state index is 13.3. The van der Waals surface area contributed by atoms with Crippen molar-refractivity contribution in [1.82, 2.24) is 9.55 Å². The van der Waals surface area contributed by atoms with Gasteiger partial charge in [-0.3, -0.25) is 14.2 Å². The Morgan fingerprint density at radius 3 is 2.64 bits per heavy atom. The number of anilines is 1. The molecule has 0 aliphatic carbocycles. The number of aryl methyl sites for hydroxylation is 2. The summed E-state index contributed by atoms with van der Waals surface area (Å²) in [4.78, 5) is 31.5. The van der Waals surface area contributed by atoms with Gasteiger partial charge in [-0.15, -0.1) is 11.3 Å². The highest BCUT2D eigenvalue weighted by atomic mass is 32.2. The second-order valence-electron chi connectivity index (χ2n) is 6.59. The standard InChI is InChI=1S/C19H19F2N3O2S2/c1-9(2)24-18(26)16-10(3)11(4)28-17(16)23-19(24)27-8-15(25)22-12-5-6-13(20)14(21)7-12/h5-7,9H,8H2,1-4H3,(H,22,25). The third kappa shape index (κ3) is 3.95. The van der Waals surface area contributed by atoms with E-state index in [-0.39, 0.29) is 23.0 Å². The number of amides is 1. The zero-order valence-corrected chi connectivity index (χ0v) is 17.4. The highest BCUT2D eigenvalue weighted by Gasteiger charge is 2.19. The van der Waals surface area contributed by atoms with E-state index in [4.69, 9.17) is 0 Å². The van der Waals surface area contributed by atoms with Gasteiger partial charge < -0.3 is 5.32 Å². The van der Waals surface area contributed by atoms with Crippen molar-refractivity contribution >= 4 is 44.9 Å². The summed E-state index contributed by atoms with van der Waals surface area (Å²) in [7, 11) is 0. The summed E-state index contributed by atoms with van der Waals surface area (Å²) in [6.45, 7) is 7.62. The molecule has 2 heterocycles. The quantitative estimate of drug-likeness (QED) is 0.479. The molecule has 0 spiro atoms. The van der Waals surface area contributed by atoms with E-state index < -0.39 is 17.5 Å². The molecule has 0 aliphatic rings. The number of carbonyl (C=O) groups excluding carboxylic acids is 1. The summed E-state index contributed by atoms with van der Waals surface area (Å²) in [6, 6.07) is 3.03. The van der Waals surface area contributed by atoms with Crippen LogP contribution in [-0.2, 0) is 4.79 Å². The van der Waals surface area contributed by atoms with Gasteiger partial charge >= 0.3 is 0 Å². The molecule has 0 fully saturated rings. The molecule has 9 heteroatoms. The minimum Gasteiger partial charge on any atom is -0.325 e. The first-order chi connectivity index (χ1) is 13.2. The molecule has 3 aromatic rings. The number of carbonyl (C=O) groups is 1. The van der Waals surface area contributed by atoms with Crippen LogP contribution in [0.15, 0.2) is 28.2 Å². The number of rotatable bonds is 5. The lowest BCUT2D eigenvalue weighted by Crippen LogP contribution is -2.25. The predicted molar refractivity (Wildman–Crippen MR) is 109 cm³/mol. The first-order valence-corrected chi connectivity index (χ1v) is 10.4. The monoisotopic (exact) mass is 423 g/mol. The molecule has 3 rings (SSSR count). The molecular formula is C19H19F2N3O2S2. The lowest BCUT2D eigenvalue weighted by Gasteiger charge is -2.15. The minimum absolute atomic E-state index is 0.0208. The third-order valence-corrected chi connectivity index (χ3v) is 6.31. The number of nitrogens with zero attached hydrogens (tertiary/aromatic N) is 2. The molecule has 1 N–H and O–H groups in total. The molecule has 0 saturated carbocycles. The van der Waals surface area contributed by atoms with Crippen LogP contribution in [0.5, 0.6) is 0 Å². The maximum atomic E-state index is 13.3. The summed E-state index contributed by atoms with van der Waals surface area (Å²) in [6.07, 6.45) is 0. The Labute approximate surface area is 168 Å². The number of hydrogen-bond donors (Lipinski definition) is 1. The first kappa shape index (κ1) is 20.5. The average molecular weight is 424 g/mol. The smallest absolute Gasteiger partial charge is 0.263 e. The predicted octanol–water partition coefficient (Wildman–Crippen LogP) is 4.66. The second-order valence-corrected chi connectivity index (χ2v) is 8.74. The van der Waals surface area contributed by atoms with Crippen molar-refractivity contribution in [3.05, 3.63) is 50.6 Å². The highest BCUT2D eigenvalue weighted by Crippen LogP contribution is 2.29. The van der Waals surface area contributed by atoms with E-state index in [1.807, 2.05) is 27.7 Å². The summed E-state index contributed by atoms with van der Waals surface area (Å²) in [5.41, 5.74) is 0.976. The zero-order valence-electron chi connectivity index (χ0n) is 15.8. The van der Waals surface area contributed by atoms with Gasteiger partial charge in [-0.2, -0.15) is 0 Å². The summed E-state index contributed by atoms with van der Waals surface area (Å²) < 4.78 is 27.8. The van der Waals surface area contributed by atoms with Gasteiger partial charge in [0.2, 0.25) is 5.91 Å². The van der Waals surface area contributed by atoms with Gasteiger partial charge in [0.1, 0.15) is 4.83 Å². The number of hydrogen-bond acceptors (Lipinski definition) is 5. The largest absolute Gasteiger partial charge is 0.325 e. The van der Waals surface area contributed by atoms with Crippen LogP contribution in [0.4, 0.5) is 14.5 Å². The van der Waals surface area contributed by atoms with Crippen molar-refractivity contribution in [2.45, 2.75) is 38.9 Å². The van der Waals surface area contributed by atoms with Crippen molar-refractivity contribution in [3.63, 3.8) is 0 Å². The Morgan fingerprint density at radius 1 is 1.29 bits per heavy atom. The molecular weight excluding hydrogens is 404 g/mol. The fourth-order valence-corrected chi connectivity index (χ4v) is 4.74. The number of benzene rings is 1. The molecule has 0 unspecified atom stereocenters. The van der Waals surface area contributed by atoms with Crippen molar-refractivity contribution < 1.29 is 13.6 Å². The highest BCUT2D eigenvalue weighted by molar-refractivity contribution is 7.99. The van der Waals surface area contributed by atoms with Gasteiger partial charge in [0.05, 0.1) is 11.1 Å². The van der Waals surface area contributed by atoms with Crippen LogP contribution < -0.4 is 10.9 Å². The number of nitrogens with one attached hydrogen (secondary N) is 1. The Bertz CT molecular complexity index is 1120. The molecule has 0 aliphatic heterocycles. The van der Waals surface area contributed by atoms with Crippen LogP contribution in [0.2, 0.25) is 0 Å². The van der Waals surface area contributed by atoms with Gasteiger partial charge in [-0.05, 0) is 45.4 Å². The van der Waals surface area contributed by atoms with Gasteiger partial charge in [-0.25, -0.2) is 13.8 Å². The van der Waals surface area contributed by atoms with E-state index >= 15 is 0 Å². The fourth-order valence-electron chi connectivity index (χ4n) is 2.75. The number of halogens is 2. The van der Waals surface area contributed by atoms with Crippen molar-refractivity contribution in [1.29, 1.82) is 0 Å². The van der Waals surface area contributed by atoms with Crippen molar-refractivity contribution in [2.75, 3.05) is 11.1 Å². The second kappa shape index (κ2) is 8.00. The van der Waals surface area contributed by atoms with Crippen LogP contribution in [0.3, 0.4) is 0 Å². The lowest BCUT2D eigenvalue weighted by atomic mass is 10.2. The average Bonchev–Trinajstić information content (AvgIpc) is 2.90. The SMILES string of the molecule is Cc1sc2nc(SCC(=O)Nc3ccc(F)c(F)c3)n(C(C)C)c(=O)c2c1C. The van der Waals surface area contributed by atoms with Crippen molar-refractivity contribution in [2.24, 2.45) is 0 Å². The van der Waals surface area contributed by atoms with Crippen LogP contribution in [0, 0.1) is 25.5 Å². The molecule has 2 aromatic heterocycles. The van der Waals surface area contributed by atoms with Gasteiger partial charge in [0.15, 0.2) is 16.8 Å². The molecule has 0 bridgehead atoms. The van der Waals surface area contributed by atoms with Crippen LogP contribution >= 0.6 is 23.1 Å². The summed E-state index contributed by atoms with van der Waals surface area (Å²) >= 11 is 2.58. The molecule has 148 valence electrons. The maximum Gasteiger partial charge on any atom is 0.263 e. The molecule has 5 nitrogen and oxygen atoms in total. The van der Waals surface area contributed by atoms with Crippen LogP contribution in [-0.4, -0.2) is 21.2 Å². The Kier molecular flexibility index (Phi) is 5.85. The number of aromatic nitrogens is 2. The summed E-state index contributed by atoms with van der Waals surface area (Å²) in [5.74, 6) is -2.44. The first-order valence-electron chi connectivity index (χ1n) is 8.59. The van der Waals surface area contributed by atoms with Gasteiger partial charge in [0, 0.05) is 22.7 Å². The topological polar surface area (TPSA) is 64.0 Å². The van der Waals surface area contributed by atoms with Crippen LogP contribution in [0.1, 0.15) is 30.3 Å². The van der Waals surface area contributed by atoms with Gasteiger partial charge in [0.25, 0.3) is 5.56 Å². The van der Waals surface area contributed by atoms with E-state index in [1.54, 1.807) is 4.57 Å². The lowest BCUT2D eigenvalue weighted by molar-refractivity contribution is -0.113. The van der Waals surface area contributed by atoms with Crippen molar-refractivity contribution in [3.8, 4) is 0 Å². The molecule has 1 amide bonds. The zero-order chi connectivity index (χ0) is 20.6. The molecule has 28 heavy (non-hydrogen) atoms. The van der Waals surface area contributed by atoms with E-state index in [0.29, 0.717) is 15.4 Å². The molecule has 0 atom stereocenters. The third-order valence-electron chi connectivity index (χ3n) is 4.25. The Morgan fingerprint density at radius 2 is 2.00 bits per heavy atom. The normalized spacial score (nSPS) is 11.4. The van der Waals surface area contributed by atoms with E-state index in [2.05, 4.69) is 10.3 Å². The number of thioether (sulfide) groups is 1. The van der Waals surface area contributed by atoms with E-state index in [9.17, 15) is 18.4 Å². The fraction of sp³-hybridized carbons (Fsp3) is 0.316. The van der Waals surface area contributed by atoms with E-state index in [1.165, 1.54) is 17.4 Å². The van der Waals surface area contributed by atoms with Crippen LogP contribution in [0.25, 0.3) is 10.2 Å². The van der Waals surface area contributed by atoms with E-state index in [0.717, 1.165) is 34.3 Å². The Balaban J connectivity index is 1.85. The summed E-state index contributed by atoms with van der Waals surface area (Å²) in [5, 5.41) is 3.59. The number of thiophene rings is 1. The molecule has 0 saturated heterocycles. The van der Waals surface area contributed by atoms with Gasteiger partial charge in [-0.1, -0.05) is 11.8 Å².